The molecule has 4 aromatic rings. The van der Waals surface area contributed by atoms with Crippen LogP contribution in [0, 0.1) is 6.92 Å². The van der Waals surface area contributed by atoms with E-state index in [2.05, 4.69) is 94.5 Å². The van der Waals surface area contributed by atoms with Gasteiger partial charge in [-0.05, 0) is 91.6 Å². The van der Waals surface area contributed by atoms with Crippen molar-refractivity contribution in [3.63, 3.8) is 0 Å². The molecular weight excluding hydrogens is 631 g/mol. The Morgan fingerprint density at radius 1 is 0.417 bits per heavy atom. The molecule has 6 heteroatoms. The topological polar surface area (TPSA) is 63.2 Å². The monoisotopic (exact) mass is 694 g/mol. The van der Waals surface area contributed by atoms with Crippen molar-refractivity contribution in [1.29, 1.82) is 0 Å². The van der Waals surface area contributed by atoms with Gasteiger partial charge in [0.15, 0.2) is 0 Å². The van der Waals surface area contributed by atoms with Gasteiger partial charge in [-0.3, -0.25) is 0 Å². The van der Waals surface area contributed by atoms with Gasteiger partial charge in [0.2, 0.25) is 0 Å². The molecule has 0 saturated heterocycles. The molecule has 0 aliphatic carbocycles. The number of rotatable bonds is 20. The van der Waals surface area contributed by atoms with Gasteiger partial charge in [-0.1, -0.05) is 122 Å². The first-order valence-electron chi connectivity index (χ1n) is 18.9. The minimum Gasteiger partial charge on any atom is -0.355 e. The van der Waals surface area contributed by atoms with Crippen LogP contribution in [0.5, 0.6) is 0 Å². The molecule has 5 heterocycles. The van der Waals surface area contributed by atoms with Crippen LogP contribution in [0.2, 0.25) is 0 Å². The summed E-state index contributed by atoms with van der Waals surface area (Å²) in [5.41, 5.74) is 7.26. The fraction of sp³-hybridized carbons (Fsp3) is 0.524. The van der Waals surface area contributed by atoms with Crippen molar-refractivity contribution in [2.45, 2.75) is 142 Å². The number of hydrogen-bond donors (Lipinski definition) is 4. The van der Waals surface area contributed by atoms with Crippen LogP contribution < -0.4 is 21.4 Å². The van der Waals surface area contributed by atoms with Gasteiger partial charge in [0.05, 0.1) is 0 Å². The quantitative estimate of drug-likeness (QED) is 0.0586. The highest BCUT2D eigenvalue weighted by Gasteiger charge is 2.08. The lowest BCUT2D eigenvalue weighted by Crippen LogP contribution is -2.12. The van der Waals surface area contributed by atoms with Gasteiger partial charge in [0.1, 0.15) is 0 Å². The molecule has 0 spiro atoms. The Morgan fingerprint density at radius 2 is 0.792 bits per heavy atom. The predicted molar refractivity (Wildman–Crippen MR) is 214 cm³/mol. The molecule has 4 aromatic heterocycles. The fourth-order valence-corrected chi connectivity index (χ4v) is 7.09. The third-order valence-corrected chi connectivity index (χ3v) is 9.90. The molecule has 1 aliphatic rings. The molecule has 5 rings (SSSR count). The molecule has 0 radical (unpaired) electrons. The van der Waals surface area contributed by atoms with E-state index in [1.54, 1.807) is 0 Å². The average molecular weight is 696 g/mol. The second-order valence-corrected chi connectivity index (χ2v) is 13.9. The van der Waals surface area contributed by atoms with E-state index >= 15 is 0 Å². The van der Waals surface area contributed by atoms with E-state index in [-0.39, 0.29) is 26.2 Å². The Balaban J connectivity index is 0.00000278. The summed E-state index contributed by atoms with van der Waals surface area (Å²) in [4.78, 5) is 14.4. The number of fused-ring (bicyclic) bond motifs is 8. The van der Waals surface area contributed by atoms with Crippen molar-refractivity contribution in [3.8, 4) is 0 Å². The molecule has 0 saturated carbocycles. The summed E-state index contributed by atoms with van der Waals surface area (Å²) in [6.07, 6.45) is 36.9. The largest absolute Gasteiger partial charge is 0.355 e. The minimum atomic E-state index is 0. The zero-order valence-electron chi connectivity index (χ0n) is 29.7. The number of halogens is 2. The Hall–Kier alpha value is -2.82. The third-order valence-electron chi connectivity index (χ3n) is 9.90. The minimum absolute atomic E-state index is 0. The highest BCUT2D eigenvalue weighted by molar-refractivity contribution is 5.85. The van der Waals surface area contributed by atoms with E-state index < -0.39 is 0 Å². The summed E-state index contributed by atoms with van der Waals surface area (Å²) in [6.45, 7) is 4.58. The smallest absolute Gasteiger partial charge is 0.0441 e. The summed E-state index contributed by atoms with van der Waals surface area (Å²) in [5.74, 6) is 0. The molecule has 0 fully saturated rings. The Labute approximate surface area is 303 Å². The van der Waals surface area contributed by atoms with Crippen LogP contribution in [0.25, 0.3) is 24.3 Å². The second-order valence-electron chi connectivity index (χ2n) is 13.9. The maximum absolute atomic E-state index is 3.76. The maximum atomic E-state index is 3.76. The van der Waals surface area contributed by atoms with Crippen molar-refractivity contribution in [3.05, 3.63) is 91.7 Å². The summed E-state index contributed by atoms with van der Waals surface area (Å²) >= 11 is 0. The molecule has 1 aliphatic heterocycles. The Bertz CT molecular complexity index is 1710. The van der Waals surface area contributed by atoms with Crippen LogP contribution in [-0.2, 0) is 6.42 Å². The van der Waals surface area contributed by atoms with Gasteiger partial charge >= 0.3 is 0 Å². The summed E-state index contributed by atoms with van der Waals surface area (Å²) in [7, 11) is 0. The lowest BCUT2D eigenvalue weighted by Gasteiger charge is -2.04. The van der Waals surface area contributed by atoms with Gasteiger partial charge < -0.3 is 19.9 Å². The van der Waals surface area contributed by atoms with Crippen molar-refractivity contribution in [2.24, 2.45) is 0 Å². The first-order valence-corrected chi connectivity index (χ1v) is 18.9. The molecule has 0 unspecified atom stereocenters. The van der Waals surface area contributed by atoms with E-state index in [4.69, 9.17) is 0 Å². The van der Waals surface area contributed by atoms with E-state index in [1.807, 2.05) is 0 Å². The van der Waals surface area contributed by atoms with Crippen molar-refractivity contribution in [2.75, 3.05) is 0 Å². The SMILES string of the molecule is CCCCCCCCCCCCCCCCCCCCCc1c(C)c2[nH]c1=Cc1ccc([nH]1)C=c1ccc([nH]1)=Cc1ccc([nH]1)C=2.Cl.Cl.[HH]. The second kappa shape index (κ2) is 22.0. The van der Waals surface area contributed by atoms with Crippen LogP contribution in [0.1, 0.15) is 164 Å². The van der Waals surface area contributed by atoms with Crippen molar-refractivity contribution >= 4 is 49.1 Å². The van der Waals surface area contributed by atoms with Gasteiger partial charge in [0.25, 0.3) is 0 Å². The molecule has 4 nitrogen and oxygen atoms in total. The predicted octanol–water partition coefficient (Wildman–Crippen LogP) is 10.00. The molecule has 0 atom stereocenters. The van der Waals surface area contributed by atoms with Crippen LogP contribution in [-0.4, -0.2) is 19.9 Å². The number of aromatic amines is 4. The average Bonchev–Trinajstić information content (AvgIpc) is 3.85. The van der Waals surface area contributed by atoms with Crippen molar-refractivity contribution in [1.82, 2.24) is 19.9 Å². The number of hydrogen-bond acceptors (Lipinski definition) is 0. The Kier molecular flexibility index (Phi) is 18.2. The third kappa shape index (κ3) is 12.9. The van der Waals surface area contributed by atoms with Crippen molar-refractivity contribution < 1.29 is 1.43 Å². The first-order chi connectivity index (χ1) is 22.7. The van der Waals surface area contributed by atoms with E-state index in [0.29, 0.717) is 0 Å². The molecule has 48 heavy (non-hydrogen) atoms. The zero-order chi connectivity index (χ0) is 31.8. The van der Waals surface area contributed by atoms with Gasteiger partial charge in [0, 0.05) is 45.6 Å². The molecule has 8 bridgehead atoms. The summed E-state index contributed by atoms with van der Waals surface area (Å²) in [6, 6.07) is 12.9. The van der Waals surface area contributed by atoms with Gasteiger partial charge in [-0.25, -0.2) is 0 Å². The van der Waals surface area contributed by atoms with E-state index in [0.717, 1.165) is 39.9 Å². The van der Waals surface area contributed by atoms with Gasteiger partial charge in [-0.2, -0.15) is 0 Å². The number of unbranched alkanes of at least 4 members (excludes halogenated alkanes) is 18. The number of aromatic nitrogens is 4. The summed E-state index contributed by atoms with van der Waals surface area (Å²) < 4.78 is 0. The first kappa shape index (κ1) is 39.6. The summed E-state index contributed by atoms with van der Waals surface area (Å²) in [5, 5.41) is 4.60. The van der Waals surface area contributed by atoms with Crippen LogP contribution in [0.4, 0.5) is 0 Å². The number of H-pyrrole nitrogens is 4. The van der Waals surface area contributed by atoms with Crippen LogP contribution in [0.3, 0.4) is 0 Å². The fourth-order valence-electron chi connectivity index (χ4n) is 7.09. The van der Waals surface area contributed by atoms with E-state index in [9.17, 15) is 0 Å². The number of nitrogens with one attached hydrogen (secondary N) is 4. The Morgan fingerprint density at radius 3 is 1.23 bits per heavy atom. The molecule has 0 aromatic carbocycles. The normalized spacial score (nSPS) is 11.9. The molecule has 4 N–H and O–H groups in total. The molecule has 266 valence electrons. The maximum Gasteiger partial charge on any atom is 0.0441 e. The van der Waals surface area contributed by atoms with E-state index in [1.165, 1.54) is 144 Å². The zero-order valence-corrected chi connectivity index (χ0v) is 31.4. The standard InChI is InChI=1S/C42H60N4.2ClH.H2/c1-3-4-5-6-7-8-9-10-11-12-13-14-15-16-17-18-19-20-21-22-40-33(2)41-31-38-27-25-36(44-38)29-34-23-24-35(43-34)30-37-26-28-39(45-37)32-42(40)46-41;;;/h23-32,43-46H,3-22H2,1-2H3;3*1H. The van der Waals surface area contributed by atoms with Gasteiger partial charge in [-0.15, -0.1) is 24.8 Å². The molecular formula is C42H64Cl2N4. The van der Waals surface area contributed by atoms with Crippen LogP contribution >= 0.6 is 24.8 Å². The highest BCUT2D eigenvalue weighted by Crippen LogP contribution is 2.15. The van der Waals surface area contributed by atoms with Crippen LogP contribution in [0.15, 0.2) is 36.4 Å². The molecule has 0 amide bonds. The highest BCUT2D eigenvalue weighted by atomic mass is 35.5. The lowest BCUT2D eigenvalue weighted by molar-refractivity contribution is 0.523. The lowest BCUT2D eigenvalue weighted by atomic mass is 10.0.